The van der Waals surface area contributed by atoms with Gasteiger partial charge in [-0.25, -0.2) is 0 Å². The quantitative estimate of drug-likeness (QED) is 0.367. The third-order valence-electron chi connectivity index (χ3n) is 3.44. The van der Waals surface area contributed by atoms with E-state index in [0.29, 0.717) is 32.1 Å². The third kappa shape index (κ3) is 4.69. The van der Waals surface area contributed by atoms with Crippen LogP contribution in [0.2, 0.25) is 0 Å². The van der Waals surface area contributed by atoms with Crippen LogP contribution in [0.25, 0.3) is 0 Å². The number of allylic oxidation sites excluding steroid dienone is 2. The van der Waals surface area contributed by atoms with Gasteiger partial charge < -0.3 is 0 Å². The van der Waals surface area contributed by atoms with Gasteiger partial charge in [0.1, 0.15) is 0 Å². The molecule has 128 valence electrons. The molecular formula is C20H18O2S3. The molecule has 25 heavy (non-hydrogen) atoms. The first-order valence-corrected chi connectivity index (χ1v) is 9.16. The lowest BCUT2D eigenvalue weighted by atomic mass is 10.1. The molecule has 0 aliphatic rings. The minimum atomic E-state index is -0.0932. The largest absolute Gasteiger partial charge is 0.289 e. The molecule has 2 nitrogen and oxygen atoms in total. The van der Waals surface area contributed by atoms with Crippen LogP contribution < -0.4 is 0 Å². The second kappa shape index (κ2) is 8.13. The first kappa shape index (κ1) is 19.6. The Kier molecular flexibility index (Phi) is 6.38. The molecule has 0 saturated carbocycles. The summed E-state index contributed by atoms with van der Waals surface area (Å²) in [4.78, 5) is 27.2. The zero-order chi connectivity index (χ0) is 18.7. The molecule has 2 rings (SSSR count). The second-order valence-electron chi connectivity index (χ2n) is 5.69. The molecule has 0 atom stereocenters. The summed E-state index contributed by atoms with van der Waals surface area (Å²) in [7, 11) is 0. The van der Waals surface area contributed by atoms with Crippen LogP contribution in [-0.4, -0.2) is 11.6 Å². The maximum atomic E-state index is 12.0. The van der Waals surface area contributed by atoms with Crippen molar-refractivity contribution >= 4 is 48.6 Å². The molecule has 0 radical (unpaired) electrons. The molecule has 0 aliphatic carbocycles. The van der Waals surface area contributed by atoms with Crippen molar-refractivity contribution in [2.75, 3.05) is 0 Å². The van der Waals surface area contributed by atoms with E-state index in [-0.39, 0.29) is 11.6 Å². The number of carbonyl (C=O) groups is 2. The number of rotatable bonds is 6. The van der Waals surface area contributed by atoms with Crippen LogP contribution in [0.3, 0.4) is 0 Å². The van der Waals surface area contributed by atoms with Gasteiger partial charge in [-0.2, -0.15) is 0 Å². The highest BCUT2D eigenvalue weighted by atomic mass is 32.2. The molecule has 5 heteroatoms. The average Bonchev–Trinajstić information content (AvgIpc) is 2.56. The summed E-state index contributed by atoms with van der Waals surface area (Å²) in [6.45, 7) is 10.7. The highest BCUT2D eigenvalue weighted by Crippen LogP contribution is 2.37. The monoisotopic (exact) mass is 386 g/mol. The van der Waals surface area contributed by atoms with Crippen molar-refractivity contribution in [3.63, 3.8) is 0 Å². The Labute approximate surface area is 163 Å². The fourth-order valence-electron chi connectivity index (χ4n) is 2.10. The van der Waals surface area contributed by atoms with Gasteiger partial charge in [0.05, 0.1) is 0 Å². The van der Waals surface area contributed by atoms with Crippen LogP contribution in [0.4, 0.5) is 0 Å². The first-order chi connectivity index (χ1) is 11.7. The number of ketones is 2. The topological polar surface area (TPSA) is 34.1 Å². The number of hydrogen-bond donors (Lipinski definition) is 2. The first-order valence-electron chi connectivity index (χ1n) is 7.45. The SMILES string of the molecule is C=C(C)C(=O)c1ccc(Sc2ccc(C(=O)C(=C)C)cc2S)c(S)c1. The fraction of sp³-hybridized carbons (Fsp3) is 0.100. The Morgan fingerprint density at radius 2 is 1.16 bits per heavy atom. The third-order valence-corrected chi connectivity index (χ3v) is 5.63. The molecule has 0 saturated heterocycles. The molecule has 0 fully saturated rings. The summed E-state index contributed by atoms with van der Waals surface area (Å²) in [5.41, 5.74) is 2.11. The summed E-state index contributed by atoms with van der Waals surface area (Å²) in [6, 6.07) is 10.7. The Morgan fingerprint density at radius 1 is 0.800 bits per heavy atom. The van der Waals surface area contributed by atoms with Crippen molar-refractivity contribution in [1.82, 2.24) is 0 Å². The van der Waals surface area contributed by atoms with Gasteiger partial charge in [0.2, 0.25) is 0 Å². The molecular weight excluding hydrogens is 368 g/mol. The van der Waals surface area contributed by atoms with Crippen molar-refractivity contribution in [2.24, 2.45) is 0 Å². The molecule has 0 unspecified atom stereocenters. The normalized spacial score (nSPS) is 10.4. The highest BCUT2D eigenvalue weighted by molar-refractivity contribution is 8.00. The summed E-state index contributed by atoms with van der Waals surface area (Å²) < 4.78 is 0. The lowest BCUT2D eigenvalue weighted by Gasteiger charge is -2.10. The van der Waals surface area contributed by atoms with Gasteiger partial charge in [0.25, 0.3) is 0 Å². The van der Waals surface area contributed by atoms with E-state index in [4.69, 9.17) is 0 Å². The number of carbonyl (C=O) groups excluding carboxylic acids is 2. The lowest BCUT2D eigenvalue weighted by molar-refractivity contribution is 0.102. The fourth-order valence-corrected chi connectivity index (χ4v) is 3.64. The van der Waals surface area contributed by atoms with Gasteiger partial charge in [0.15, 0.2) is 11.6 Å². The number of Topliss-reactive ketones (excluding diaryl/α,β-unsaturated/α-hetero) is 2. The van der Waals surface area contributed by atoms with Gasteiger partial charge >= 0.3 is 0 Å². The van der Waals surface area contributed by atoms with Crippen LogP contribution in [-0.2, 0) is 0 Å². The van der Waals surface area contributed by atoms with Crippen LogP contribution >= 0.6 is 37.0 Å². The number of hydrogen-bond acceptors (Lipinski definition) is 5. The molecule has 0 bridgehead atoms. The highest BCUT2D eigenvalue weighted by Gasteiger charge is 2.12. The van der Waals surface area contributed by atoms with Crippen molar-refractivity contribution < 1.29 is 9.59 Å². The predicted octanol–water partition coefficient (Wildman–Crippen LogP) is 5.93. The van der Waals surface area contributed by atoms with Crippen molar-refractivity contribution in [3.8, 4) is 0 Å². The summed E-state index contributed by atoms with van der Waals surface area (Å²) in [6.07, 6.45) is 0. The van der Waals surface area contributed by atoms with E-state index in [1.54, 1.807) is 38.1 Å². The van der Waals surface area contributed by atoms with Crippen molar-refractivity contribution in [1.29, 1.82) is 0 Å². The van der Waals surface area contributed by atoms with Gasteiger partial charge in [-0.3, -0.25) is 9.59 Å². The molecule has 0 amide bonds. The lowest BCUT2D eigenvalue weighted by Crippen LogP contribution is -2.00. The van der Waals surface area contributed by atoms with Crippen LogP contribution in [0.5, 0.6) is 0 Å². The van der Waals surface area contributed by atoms with Crippen LogP contribution in [0.15, 0.2) is 80.3 Å². The van der Waals surface area contributed by atoms with Gasteiger partial charge in [-0.15, -0.1) is 25.3 Å². The summed E-state index contributed by atoms with van der Waals surface area (Å²) in [5.74, 6) is -0.186. The van der Waals surface area contributed by atoms with E-state index in [9.17, 15) is 9.59 Å². The summed E-state index contributed by atoms with van der Waals surface area (Å²) >= 11 is 10.4. The van der Waals surface area contributed by atoms with E-state index in [1.165, 1.54) is 11.8 Å². The second-order valence-corrected chi connectivity index (χ2v) is 7.73. The molecule has 0 aromatic heterocycles. The van der Waals surface area contributed by atoms with Crippen molar-refractivity contribution in [2.45, 2.75) is 33.4 Å². The molecule has 2 aromatic carbocycles. The Balaban J connectivity index is 2.28. The maximum absolute atomic E-state index is 12.0. The predicted molar refractivity (Wildman–Crippen MR) is 110 cm³/mol. The van der Waals surface area contributed by atoms with Crippen molar-refractivity contribution in [3.05, 3.63) is 71.8 Å². The minimum absolute atomic E-state index is 0.0932. The number of benzene rings is 2. The van der Waals surface area contributed by atoms with E-state index >= 15 is 0 Å². The van der Waals surface area contributed by atoms with E-state index < -0.39 is 0 Å². The molecule has 2 aromatic rings. The smallest absolute Gasteiger partial charge is 0.188 e. The Bertz CT molecular complexity index is 824. The van der Waals surface area contributed by atoms with Gasteiger partial charge in [-0.1, -0.05) is 24.9 Å². The van der Waals surface area contributed by atoms with E-state index in [0.717, 1.165) is 9.79 Å². The minimum Gasteiger partial charge on any atom is -0.289 e. The van der Waals surface area contributed by atoms with Gasteiger partial charge in [0, 0.05) is 30.7 Å². The Hall–Kier alpha value is -1.69. The number of thiol groups is 2. The van der Waals surface area contributed by atoms with E-state index in [1.807, 2.05) is 12.1 Å². The molecule has 0 aliphatic heterocycles. The van der Waals surface area contributed by atoms with Crippen LogP contribution in [0.1, 0.15) is 34.6 Å². The zero-order valence-electron chi connectivity index (χ0n) is 14.0. The van der Waals surface area contributed by atoms with E-state index in [2.05, 4.69) is 38.4 Å². The zero-order valence-corrected chi connectivity index (χ0v) is 16.6. The molecule has 0 N–H and O–H groups in total. The average molecular weight is 387 g/mol. The molecule has 0 heterocycles. The maximum Gasteiger partial charge on any atom is 0.188 e. The van der Waals surface area contributed by atoms with Crippen LogP contribution in [0, 0.1) is 0 Å². The van der Waals surface area contributed by atoms with Gasteiger partial charge in [-0.05, 0) is 61.4 Å². The Morgan fingerprint density at radius 3 is 1.44 bits per heavy atom. The standard InChI is InChI=1S/C20H18O2S3/c1-11(2)19(21)13-5-7-17(15(23)9-13)25-18-8-6-14(10-16(18)24)20(22)12(3)4/h5-10,23-24H,1,3H2,2,4H3. The summed E-state index contributed by atoms with van der Waals surface area (Å²) in [5, 5.41) is 0. The molecule has 0 spiro atoms.